The van der Waals surface area contributed by atoms with Gasteiger partial charge in [-0.25, -0.2) is 13.6 Å². The summed E-state index contributed by atoms with van der Waals surface area (Å²) in [5, 5.41) is 0.389. The molecule has 2 aromatic heterocycles. The van der Waals surface area contributed by atoms with Crippen LogP contribution in [0, 0.1) is 11.6 Å². The molecule has 7 rings (SSSR count). The fraction of sp³-hybridized carbons (Fsp3) is 0.562. The number of rotatable bonds is 5. The predicted octanol–water partition coefficient (Wildman–Crippen LogP) is 5.15. The molecule has 0 saturated carbocycles. The number of pyridine rings is 1. The largest absolute Gasteiger partial charge is 0.461 e. The van der Waals surface area contributed by atoms with Crippen molar-refractivity contribution >= 4 is 28.5 Å². The van der Waals surface area contributed by atoms with Gasteiger partial charge in [0.15, 0.2) is 5.82 Å². The molecular weight excluding hydrogens is 568 g/mol. The van der Waals surface area contributed by atoms with Gasteiger partial charge in [0, 0.05) is 25.0 Å². The van der Waals surface area contributed by atoms with Gasteiger partial charge in [-0.1, -0.05) is 6.07 Å². The van der Waals surface area contributed by atoms with Gasteiger partial charge in [-0.15, -0.1) is 0 Å². The molecule has 4 aliphatic heterocycles. The number of nitrogens with zero attached hydrogens (tertiary/aromatic N) is 6. The van der Waals surface area contributed by atoms with Crippen LogP contribution in [0.25, 0.3) is 22.2 Å². The Hall–Kier alpha value is -3.80. The Morgan fingerprint density at radius 1 is 1.09 bits per heavy atom. The summed E-state index contributed by atoms with van der Waals surface area (Å²) in [5.41, 5.74) is 5.16. The van der Waals surface area contributed by atoms with Gasteiger partial charge in [0.2, 0.25) is 0 Å². The summed E-state index contributed by atoms with van der Waals surface area (Å²) in [6, 6.07) is 4.11. The number of carbonyl (C=O) groups is 1. The number of nitrogens with two attached hydrogens (primary N) is 1. The highest BCUT2D eigenvalue weighted by molar-refractivity contribution is 5.93. The molecule has 10 nitrogen and oxygen atoms in total. The average molecular weight is 608 g/mol. The Labute approximate surface area is 255 Å². The molecule has 0 spiro atoms. The van der Waals surface area contributed by atoms with E-state index in [4.69, 9.17) is 20.2 Å². The fourth-order valence-electron chi connectivity index (χ4n) is 7.64. The van der Waals surface area contributed by atoms with Crippen molar-refractivity contribution in [3.05, 3.63) is 36.0 Å². The van der Waals surface area contributed by atoms with Crippen LogP contribution in [0.1, 0.15) is 59.3 Å². The molecule has 12 heteroatoms. The maximum absolute atomic E-state index is 16.4. The minimum absolute atomic E-state index is 0.00762. The number of hydrogen-bond acceptors (Lipinski definition) is 9. The molecule has 4 fully saturated rings. The molecule has 0 aliphatic carbocycles. The van der Waals surface area contributed by atoms with Gasteiger partial charge < -0.3 is 20.1 Å². The maximum atomic E-state index is 16.4. The summed E-state index contributed by atoms with van der Waals surface area (Å²) in [5.74, 6) is -0.972. The number of aromatic nitrogens is 3. The van der Waals surface area contributed by atoms with Crippen molar-refractivity contribution < 1.29 is 23.0 Å². The second kappa shape index (κ2) is 10.7. The third-order valence-corrected chi connectivity index (χ3v) is 9.59. The highest BCUT2D eigenvalue weighted by Gasteiger charge is 2.46. The monoisotopic (exact) mass is 607 g/mol. The van der Waals surface area contributed by atoms with Gasteiger partial charge in [0.05, 0.1) is 28.6 Å². The second-order valence-electron chi connectivity index (χ2n) is 13.6. The summed E-state index contributed by atoms with van der Waals surface area (Å²) in [6.45, 7) is 9.06. The van der Waals surface area contributed by atoms with Crippen LogP contribution in [-0.2, 0) is 4.74 Å². The lowest BCUT2D eigenvalue weighted by Gasteiger charge is -2.42. The summed E-state index contributed by atoms with van der Waals surface area (Å²) in [6.07, 6.45) is 7.13. The van der Waals surface area contributed by atoms with Crippen molar-refractivity contribution in [2.75, 3.05) is 43.4 Å². The number of fused-ring (bicyclic) bond motifs is 4. The molecule has 3 aromatic rings. The Balaban J connectivity index is 1.27. The number of ether oxygens (including phenoxy) is 2. The number of halogens is 2. The van der Waals surface area contributed by atoms with E-state index in [0.717, 1.165) is 51.6 Å². The van der Waals surface area contributed by atoms with E-state index >= 15 is 4.39 Å². The van der Waals surface area contributed by atoms with E-state index in [1.54, 1.807) is 0 Å². The normalized spacial score (nSPS) is 22.9. The Morgan fingerprint density at radius 2 is 1.80 bits per heavy atom. The zero-order valence-electron chi connectivity index (χ0n) is 25.5. The number of benzene rings is 1. The van der Waals surface area contributed by atoms with Gasteiger partial charge in [-0.3, -0.25) is 14.8 Å². The zero-order chi connectivity index (χ0) is 30.8. The van der Waals surface area contributed by atoms with Gasteiger partial charge in [-0.2, -0.15) is 9.97 Å². The molecule has 2 bridgehead atoms. The van der Waals surface area contributed by atoms with E-state index in [9.17, 15) is 9.18 Å². The van der Waals surface area contributed by atoms with Crippen molar-refractivity contribution in [3.63, 3.8) is 0 Å². The quantitative estimate of drug-likeness (QED) is 0.394. The zero-order valence-corrected chi connectivity index (χ0v) is 25.5. The second-order valence-corrected chi connectivity index (χ2v) is 13.6. The Morgan fingerprint density at radius 3 is 2.45 bits per heavy atom. The Bertz CT molecular complexity index is 1570. The molecular formula is C32H39F2N7O3. The van der Waals surface area contributed by atoms with E-state index in [1.165, 1.54) is 24.4 Å². The highest BCUT2D eigenvalue weighted by Crippen LogP contribution is 2.41. The molecule has 44 heavy (non-hydrogen) atoms. The molecule has 4 saturated heterocycles. The molecule has 1 amide bonds. The average Bonchev–Trinajstić information content (AvgIpc) is 3.62. The standard InChI is InChI=1S/C32H39F2N7O3/c1-31(2,3)44-30(42)41-19-9-10-20(41)17-39(16-19)28-21-15-36-27(24-22(33)7-4-8-23(24)35)25(34)26(21)37-29(38-28)43-18-32-11-5-13-40(32)14-6-12-32/h4,7-8,15,19-20H,5-6,9-14,16-18,35H2,1-3H3/t19-,20+. The van der Waals surface area contributed by atoms with Crippen LogP contribution in [0.2, 0.25) is 0 Å². The van der Waals surface area contributed by atoms with E-state index in [-0.39, 0.29) is 52.2 Å². The number of anilines is 2. The van der Waals surface area contributed by atoms with Gasteiger partial charge in [0.1, 0.15) is 35.1 Å². The first kappa shape index (κ1) is 28.9. The third-order valence-electron chi connectivity index (χ3n) is 9.59. The minimum Gasteiger partial charge on any atom is -0.461 e. The van der Waals surface area contributed by atoms with Crippen molar-refractivity contribution in [1.29, 1.82) is 0 Å². The summed E-state index contributed by atoms with van der Waals surface area (Å²) < 4.78 is 43.3. The van der Waals surface area contributed by atoms with Crippen LogP contribution < -0.4 is 15.4 Å². The molecule has 4 aliphatic rings. The van der Waals surface area contributed by atoms with Crippen molar-refractivity contribution in [2.45, 2.75) is 82.5 Å². The van der Waals surface area contributed by atoms with Crippen molar-refractivity contribution in [1.82, 2.24) is 24.8 Å². The lowest BCUT2D eigenvalue weighted by molar-refractivity contribution is 0.0122. The van der Waals surface area contributed by atoms with E-state index in [1.807, 2.05) is 25.7 Å². The number of nitrogen functional groups attached to an aromatic ring is 1. The highest BCUT2D eigenvalue weighted by atomic mass is 19.1. The summed E-state index contributed by atoms with van der Waals surface area (Å²) in [4.78, 5) is 33.2. The number of piperazine rings is 1. The molecule has 234 valence electrons. The van der Waals surface area contributed by atoms with Gasteiger partial charge >= 0.3 is 12.1 Å². The van der Waals surface area contributed by atoms with Crippen molar-refractivity contribution in [2.24, 2.45) is 0 Å². The van der Waals surface area contributed by atoms with Crippen LogP contribution >= 0.6 is 0 Å². The van der Waals surface area contributed by atoms with Gasteiger partial charge in [0.25, 0.3) is 0 Å². The summed E-state index contributed by atoms with van der Waals surface area (Å²) in [7, 11) is 0. The Kier molecular flexibility index (Phi) is 7.02. The van der Waals surface area contributed by atoms with Crippen LogP contribution in [0.15, 0.2) is 24.4 Å². The minimum atomic E-state index is -0.787. The predicted molar refractivity (Wildman–Crippen MR) is 162 cm³/mol. The number of carbonyl (C=O) groups excluding carboxylic acids is 1. The molecule has 2 N–H and O–H groups in total. The molecule has 6 heterocycles. The van der Waals surface area contributed by atoms with Crippen molar-refractivity contribution in [3.8, 4) is 17.3 Å². The van der Waals surface area contributed by atoms with E-state index in [0.29, 0.717) is 30.9 Å². The third kappa shape index (κ3) is 4.96. The van der Waals surface area contributed by atoms with Crippen LogP contribution in [0.5, 0.6) is 6.01 Å². The van der Waals surface area contributed by atoms with E-state index in [2.05, 4.69) is 19.8 Å². The molecule has 1 aromatic carbocycles. The molecule has 0 unspecified atom stereocenters. The number of hydrogen-bond donors (Lipinski definition) is 1. The first-order valence-corrected chi connectivity index (χ1v) is 15.6. The lowest BCUT2D eigenvalue weighted by Crippen LogP contribution is -2.57. The van der Waals surface area contributed by atoms with Gasteiger partial charge in [-0.05, 0) is 84.5 Å². The van der Waals surface area contributed by atoms with E-state index < -0.39 is 17.2 Å². The molecule has 0 radical (unpaired) electrons. The lowest BCUT2D eigenvalue weighted by atomic mass is 9.95. The SMILES string of the molecule is CC(C)(C)OC(=O)N1[C@@H]2CC[C@H]1CN(c1nc(OCC34CCCN3CCC4)nc3c(F)c(-c4c(N)cccc4F)ncc13)C2. The first-order valence-electron chi connectivity index (χ1n) is 15.6. The first-order chi connectivity index (χ1) is 21.0. The van der Waals surface area contributed by atoms with Crippen LogP contribution in [-0.4, -0.2) is 86.9 Å². The fourth-order valence-corrected chi connectivity index (χ4v) is 7.64. The topological polar surface area (TPSA) is 110 Å². The van der Waals surface area contributed by atoms with Crippen LogP contribution in [0.4, 0.5) is 25.1 Å². The molecule has 2 atom stereocenters. The summed E-state index contributed by atoms with van der Waals surface area (Å²) >= 11 is 0. The smallest absolute Gasteiger partial charge is 0.410 e. The number of amides is 1. The van der Waals surface area contributed by atoms with Crippen LogP contribution in [0.3, 0.4) is 0 Å². The maximum Gasteiger partial charge on any atom is 0.410 e.